The van der Waals surface area contributed by atoms with Crippen LogP contribution in [0.4, 0.5) is 0 Å². The molecule has 0 aliphatic carbocycles. The van der Waals surface area contributed by atoms with E-state index in [0.29, 0.717) is 10.0 Å². The molecular formula is C15H18Cl2N4O. The first-order chi connectivity index (χ1) is 10.5. The van der Waals surface area contributed by atoms with Crippen LogP contribution in [-0.4, -0.2) is 39.3 Å². The molecule has 3 rings (SSSR count). The normalized spacial score (nSPS) is 20.3. The van der Waals surface area contributed by atoms with Gasteiger partial charge in [0.2, 0.25) is 0 Å². The van der Waals surface area contributed by atoms with Crippen molar-refractivity contribution in [1.29, 1.82) is 0 Å². The Balaban J connectivity index is 1.61. The van der Waals surface area contributed by atoms with Crippen LogP contribution in [-0.2, 0) is 0 Å². The summed E-state index contributed by atoms with van der Waals surface area (Å²) in [5.74, 6) is 2.42. The Labute approximate surface area is 139 Å². The van der Waals surface area contributed by atoms with E-state index in [9.17, 15) is 0 Å². The number of nitrogens with one attached hydrogen (secondary N) is 1. The number of rotatable bonds is 4. The largest absolute Gasteiger partial charge is 0.489 e. The molecule has 5 nitrogen and oxygen atoms in total. The number of hydrogen-bond donors (Lipinski definition) is 1. The lowest BCUT2D eigenvalue weighted by Crippen LogP contribution is -2.28. The van der Waals surface area contributed by atoms with Crippen molar-refractivity contribution < 1.29 is 4.74 Å². The SMILES string of the molecule is Cc1nc(C(C)N2CCC(Oc3ccc(Cl)c(Cl)c3)C2)n[nH]1. The van der Waals surface area contributed by atoms with Gasteiger partial charge in [0.15, 0.2) is 5.82 Å². The number of aromatic nitrogens is 3. The van der Waals surface area contributed by atoms with Gasteiger partial charge >= 0.3 is 0 Å². The first-order valence-corrected chi connectivity index (χ1v) is 8.03. The minimum absolute atomic E-state index is 0.139. The van der Waals surface area contributed by atoms with Crippen molar-refractivity contribution >= 4 is 23.2 Å². The highest BCUT2D eigenvalue weighted by atomic mass is 35.5. The number of aryl methyl sites for hydroxylation is 1. The molecule has 1 fully saturated rings. The van der Waals surface area contributed by atoms with Gasteiger partial charge < -0.3 is 4.74 Å². The molecule has 1 saturated heterocycles. The predicted molar refractivity (Wildman–Crippen MR) is 86.6 cm³/mol. The number of ether oxygens (including phenoxy) is 1. The van der Waals surface area contributed by atoms with E-state index in [1.807, 2.05) is 13.0 Å². The smallest absolute Gasteiger partial charge is 0.167 e. The van der Waals surface area contributed by atoms with E-state index in [1.165, 1.54) is 0 Å². The summed E-state index contributed by atoms with van der Waals surface area (Å²) in [5.41, 5.74) is 0. The topological polar surface area (TPSA) is 54.0 Å². The summed E-state index contributed by atoms with van der Waals surface area (Å²) < 4.78 is 6.00. The van der Waals surface area contributed by atoms with Crippen LogP contribution in [0, 0.1) is 6.92 Å². The maximum Gasteiger partial charge on any atom is 0.167 e. The Morgan fingerprint density at radius 3 is 2.86 bits per heavy atom. The van der Waals surface area contributed by atoms with Gasteiger partial charge in [0.05, 0.1) is 16.1 Å². The van der Waals surface area contributed by atoms with Crippen LogP contribution in [0.25, 0.3) is 0 Å². The van der Waals surface area contributed by atoms with Gasteiger partial charge in [0.25, 0.3) is 0 Å². The third-order valence-corrected chi connectivity index (χ3v) is 4.65. The fraction of sp³-hybridized carbons (Fsp3) is 0.467. The quantitative estimate of drug-likeness (QED) is 0.923. The molecule has 1 aromatic heterocycles. The molecular weight excluding hydrogens is 323 g/mol. The van der Waals surface area contributed by atoms with Crippen molar-refractivity contribution in [3.63, 3.8) is 0 Å². The van der Waals surface area contributed by atoms with Crippen molar-refractivity contribution in [2.75, 3.05) is 13.1 Å². The van der Waals surface area contributed by atoms with Crippen molar-refractivity contribution in [3.8, 4) is 5.75 Å². The Hall–Kier alpha value is -1.30. The lowest BCUT2D eigenvalue weighted by molar-refractivity contribution is 0.180. The number of H-pyrrole nitrogens is 1. The summed E-state index contributed by atoms with van der Waals surface area (Å²) in [6.45, 7) is 5.82. The Bertz CT molecular complexity index is 661. The monoisotopic (exact) mass is 340 g/mol. The Morgan fingerprint density at radius 2 is 2.18 bits per heavy atom. The molecule has 0 radical (unpaired) electrons. The highest BCUT2D eigenvalue weighted by Gasteiger charge is 2.29. The lowest BCUT2D eigenvalue weighted by atomic mass is 10.3. The molecule has 0 spiro atoms. The van der Waals surface area contributed by atoms with E-state index >= 15 is 0 Å². The molecule has 7 heteroatoms. The van der Waals surface area contributed by atoms with Crippen LogP contribution >= 0.6 is 23.2 Å². The highest BCUT2D eigenvalue weighted by molar-refractivity contribution is 6.42. The minimum atomic E-state index is 0.139. The molecule has 1 N–H and O–H groups in total. The van der Waals surface area contributed by atoms with Gasteiger partial charge in [-0.25, -0.2) is 4.98 Å². The van der Waals surface area contributed by atoms with Crippen LogP contribution in [0.2, 0.25) is 10.0 Å². The number of halogens is 2. The third kappa shape index (κ3) is 3.37. The number of aromatic amines is 1. The molecule has 2 atom stereocenters. The second-order valence-corrected chi connectivity index (χ2v) is 6.37. The van der Waals surface area contributed by atoms with Crippen molar-refractivity contribution in [3.05, 3.63) is 39.9 Å². The Morgan fingerprint density at radius 1 is 1.36 bits per heavy atom. The number of hydrogen-bond acceptors (Lipinski definition) is 4. The van der Waals surface area contributed by atoms with Crippen LogP contribution < -0.4 is 4.74 Å². The molecule has 2 unspecified atom stereocenters. The molecule has 118 valence electrons. The van der Waals surface area contributed by atoms with Crippen molar-refractivity contribution in [2.45, 2.75) is 32.4 Å². The molecule has 1 aromatic carbocycles. The van der Waals surface area contributed by atoms with E-state index in [4.69, 9.17) is 27.9 Å². The summed E-state index contributed by atoms with van der Waals surface area (Å²) in [4.78, 5) is 6.73. The van der Waals surface area contributed by atoms with Gasteiger partial charge in [-0.1, -0.05) is 23.2 Å². The zero-order chi connectivity index (χ0) is 15.7. The fourth-order valence-corrected chi connectivity index (χ4v) is 2.94. The van der Waals surface area contributed by atoms with E-state index in [0.717, 1.165) is 36.9 Å². The van der Waals surface area contributed by atoms with Gasteiger partial charge in [0.1, 0.15) is 17.7 Å². The summed E-state index contributed by atoms with van der Waals surface area (Å²) >= 11 is 11.9. The molecule has 1 aliphatic rings. The molecule has 0 bridgehead atoms. The number of nitrogens with zero attached hydrogens (tertiary/aromatic N) is 3. The average Bonchev–Trinajstić information content (AvgIpc) is 3.11. The van der Waals surface area contributed by atoms with Gasteiger partial charge in [0, 0.05) is 19.2 Å². The lowest BCUT2D eigenvalue weighted by Gasteiger charge is -2.21. The number of likely N-dealkylation sites (tertiary alicyclic amines) is 1. The van der Waals surface area contributed by atoms with Crippen molar-refractivity contribution in [2.24, 2.45) is 0 Å². The Kier molecular flexibility index (Phi) is 4.57. The van der Waals surface area contributed by atoms with Crippen LogP contribution in [0.3, 0.4) is 0 Å². The van der Waals surface area contributed by atoms with Gasteiger partial charge in [-0.15, -0.1) is 0 Å². The molecule has 1 aliphatic heterocycles. The minimum Gasteiger partial charge on any atom is -0.489 e. The third-order valence-electron chi connectivity index (χ3n) is 3.91. The van der Waals surface area contributed by atoms with Gasteiger partial charge in [-0.2, -0.15) is 5.10 Å². The standard InChI is InChI=1S/C15H18Cl2N4O/c1-9(15-18-10(2)19-20-15)21-6-5-12(8-21)22-11-3-4-13(16)14(17)7-11/h3-4,7,9,12H,5-6,8H2,1-2H3,(H,18,19,20). The van der Waals surface area contributed by atoms with Crippen molar-refractivity contribution in [1.82, 2.24) is 20.1 Å². The fourth-order valence-electron chi connectivity index (χ4n) is 2.65. The molecule has 22 heavy (non-hydrogen) atoms. The zero-order valence-corrected chi connectivity index (χ0v) is 14.0. The number of benzene rings is 1. The molecule has 2 aromatic rings. The maximum absolute atomic E-state index is 6.02. The molecule has 0 saturated carbocycles. The van der Waals surface area contributed by atoms with Crippen LogP contribution in [0.15, 0.2) is 18.2 Å². The molecule has 0 amide bonds. The zero-order valence-electron chi connectivity index (χ0n) is 12.5. The molecule has 2 heterocycles. The van der Waals surface area contributed by atoms with E-state index in [2.05, 4.69) is 27.0 Å². The summed E-state index contributed by atoms with van der Waals surface area (Å²) in [6, 6.07) is 5.53. The van der Waals surface area contributed by atoms with E-state index in [-0.39, 0.29) is 12.1 Å². The maximum atomic E-state index is 6.02. The second kappa shape index (κ2) is 6.44. The highest BCUT2D eigenvalue weighted by Crippen LogP contribution is 2.29. The van der Waals surface area contributed by atoms with E-state index < -0.39 is 0 Å². The van der Waals surface area contributed by atoms with Gasteiger partial charge in [-0.3, -0.25) is 10.00 Å². The van der Waals surface area contributed by atoms with Gasteiger partial charge in [-0.05, 0) is 32.4 Å². The van der Waals surface area contributed by atoms with Crippen LogP contribution in [0.5, 0.6) is 5.75 Å². The summed E-state index contributed by atoms with van der Waals surface area (Å²) in [5, 5.41) is 8.18. The summed E-state index contributed by atoms with van der Waals surface area (Å²) in [6.07, 6.45) is 1.10. The first-order valence-electron chi connectivity index (χ1n) is 7.27. The second-order valence-electron chi connectivity index (χ2n) is 5.55. The first kappa shape index (κ1) is 15.6. The average molecular weight is 341 g/mol. The summed E-state index contributed by atoms with van der Waals surface area (Å²) in [7, 11) is 0. The van der Waals surface area contributed by atoms with E-state index in [1.54, 1.807) is 12.1 Å². The predicted octanol–water partition coefficient (Wildman–Crippen LogP) is 3.63. The van der Waals surface area contributed by atoms with Crippen LogP contribution in [0.1, 0.15) is 31.0 Å².